The smallest absolute Gasteiger partial charge is 0.347 e. The van der Waals surface area contributed by atoms with Crippen molar-refractivity contribution < 1.29 is 23.8 Å². The Balaban J connectivity index is 1.41. The first-order valence-electron chi connectivity index (χ1n) is 12.8. The van der Waals surface area contributed by atoms with Gasteiger partial charge in [-0.1, -0.05) is 25.8 Å². The summed E-state index contributed by atoms with van der Waals surface area (Å²) >= 11 is 0. The van der Waals surface area contributed by atoms with E-state index >= 15 is 0 Å². The van der Waals surface area contributed by atoms with Gasteiger partial charge >= 0.3 is 11.7 Å². The first-order chi connectivity index (χ1) is 16.9. The van der Waals surface area contributed by atoms with E-state index in [2.05, 4.69) is 16.7 Å². The number of ether oxygens (including phenoxy) is 3. The van der Waals surface area contributed by atoms with Gasteiger partial charge < -0.3 is 14.2 Å². The second-order valence-corrected chi connectivity index (χ2v) is 10.3. The van der Waals surface area contributed by atoms with Gasteiger partial charge in [0.2, 0.25) is 0 Å². The highest BCUT2D eigenvalue weighted by molar-refractivity contribution is 5.82. The molecule has 2 heterocycles. The molecular formula is C25H33N3O7. The van der Waals surface area contributed by atoms with Crippen LogP contribution in [-0.2, 0) is 23.8 Å². The number of aromatic nitrogens is 3. The molecule has 0 spiro atoms. The van der Waals surface area contributed by atoms with Crippen molar-refractivity contribution in [2.24, 2.45) is 23.7 Å². The minimum Gasteiger partial charge on any atom is -0.495 e. The number of rotatable bonds is 10. The van der Waals surface area contributed by atoms with Crippen molar-refractivity contribution in [1.29, 1.82) is 0 Å². The molecule has 1 N–H and O–H groups in total. The number of hydrogen-bond acceptors (Lipinski definition) is 8. The molecule has 0 bridgehead atoms. The van der Waals surface area contributed by atoms with Crippen LogP contribution in [0.2, 0.25) is 0 Å². The van der Waals surface area contributed by atoms with Crippen LogP contribution in [-0.4, -0.2) is 45.3 Å². The number of hydrogen-bond donors (Lipinski definition) is 1. The summed E-state index contributed by atoms with van der Waals surface area (Å²) in [6.45, 7) is 4.12. The molecule has 4 aliphatic rings. The predicted molar refractivity (Wildman–Crippen MR) is 123 cm³/mol. The molecule has 35 heavy (non-hydrogen) atoms. The molecule has 3 aliphatic carbocycles. The van der Waals surface area contributed by atoms with Crippen LogP contribution in [0.1, 0.15) is 70.4 Å². The fraction of sp³-hybridized carbons (Fsp3) is 0.720. The lowest BCUT2D eigenvalue weighted by Gasteiger charge is -2.31. The maximum Gasteiger partial charge on any atom is 0.347 e. The van der Waals surface area contributed by atoms with Crippen LogP contribution < -0.4 is 11.2 Å². The number of Topliss-reactive ketones (excluding diaryl/α,β-unsaturated/α-hetero) is 1. The number of esters is 1. The summed E-state index contributed by atoms with van der Waals surface area (Å²) in [4.78, 5) is 52.3. The molecule has 1 aromatic rings. The molecule has 1 aromatic heterocycles. The Kier molecular flexibility index (Phi) is 6.91. The van der Waals surface area contributed by atoms with E-state index in [4.69, 9.17) is 14.2 Å². The minimum absolute atomic E-state index is 0.0208. The number of carbonyl (C=O) groups is 2. The Hall–Kier alpha value is -2.75. The van der Waals surface area contributed by atoms with Crippen LogP contribution in [0.25, 0.3) is 0 Å². The average Bonchev–Trinajstić information content (AvgIpc) is 2.99. The fourth-order valence-corrected chi connectivity index (χ4v) is 5.13. The zero-order valence-corrected chi connectivity index (χ0v) is 19.9. The SMILES string of the molecule is C=C(OCC1O[C@@H](n2ncc(=O)[nH]c2=O)[C@H](CC(=O)C2CCC2)[C@@H]1OC(=O)C1CCC1)C1CCC1. The molecular weight excluding hydrogens is 454 g/mol. The van der Waals surface area contributed by atoms with E-state index < -0.39 is 35.6 Å². The van der Waals surface area contributed by atoms with Gasteiger partial charge in [-0.3, -0.25) is 19.4 Å². The maximum absolute atomic E-state index is 13.0. The number of allylic oxidation sites excluding steroid dienone is 1. The zero-order chi connectivity index (χ0) is 24.5. The average molecular weight is 488 g/mol. The van der Waals surface area contributed by atoms with Crippen molar-refractivity contribution in [2.45, 2.75) is 82.6 Å². The molecule has 1 saturated heterocycles. The van der Waals surface area contributed by atoms with E-state index in [1.807, 2.05) is 0 Å². The zero-order valence-electron chi connectivity index (χ0n) is 19.9. The van der Waals surface area contributed by atoms with E-state index in [1.54, 1.807) is 0 Å². The van der Waals surface area contributed by atoms with Crippen LogP contribution >= 0.6 is 0 Å². The third-order valence-electron chi connectivity index (χ3n) is 8.13. The van der Waals surface area contributed by atoms with Gasteiger partial charge in [0.25, 0.3) is 5.56 Å². The van der Waals surface area contributed by atoms with Crippen LogP contribution in [0.15, 0.2) is 28.1 Å². The molecule has 5 rings (SSSR count). The lowest BCUT2D eigenvalue weighted by atomic mass is 9.78. The van der Waals surface area contributed by atoms with Crippen molar-refractivity contribution in [3.8, 4) is 0 Å². The lowest BCUT2D eigenvalue weighted by Crippen LogP contribution is -2.41. The second kappa shape index (κ2) is 10.1. The van der Waals surface area contributed by atoms with Crippen molar-refractivity contribution in [3.63, 3.8) is 0 Å². The van der Waals surface area contributed by atoms with Crippen molar-refractivity contribution in [2.75, 3.05) is 6.61 Å². The molecule has 0 radical (unpaired) electrons. The van der Waals surface area contributed by atoms with Crippen LogP contribution in [0.4, 0.5) is 0 Å². The Bertz CT molecular complexity index is 1080. The standard InChI is InChI=1S/C25H33N3O7/c1-14(15-5-2-6-15)33-13-20-22(35-24(31)17-9-4-10-17)18(11-19(29)16-7-3-8-16)23(34-20)28-25(32)27-21(30)12-26-28/h12,15-18,20,22-23H,1-11,13H2,(H,27,30,32)/t18-,20?,22+,23-/m1/s1. The van der Waals surface area contributed by atoms with Gasteiger partial charge in [-0.15, -0.1) is 0 Å². The molecule has 10 heteroatoms. The Morgan fingerprint density at radius 1 is 1.06 bits per heavy atom. The van der Waals surface area contributed by atoms with E-state index in [0.29, 0.717) is 11.7 Å². The monoisotopic (exact) mass is 487 g/mol. The normalized spacial score (nSPS) is 29.0. The molecule has 190 valence electrons. The number of carbonyl (C=O) groups excluding carboxylic acids is 2. The van der Waals surface area contributed by atoms with Gasteiger partial charge in [0.05, 0.1) is 17.6 Å². The number of aromatic amines is 1. The Morgan fingerprint density at radius 2 is 1.71 bits per heavy atom. The highest BCUT2D eigenvalue weighted by Crippen LogP contribution is 2.42. The van der Waals surface area contributed by atoms with E-state index in [1.165, 1.54) is 0 Å². The van der Waals surface area contributed by atoms with E-state index in [-0.39, 0.29) is 36.6 Å². The van der Waals surface area contributed by atoms with Crippen LogP contribution in [0.5, 0.6) is 0 Å². The molecule has 0 amide bonds. The molecule has 4 atom stereocenters. The highest BCUT2D eigenvalue weighted by Gasteiger charge is 2.51. The molecule has 1 unspecified atom stereocenters. The summed E-state index contributed by atoms with van der Waals surface area (Å²) in [5, 5.41) is 3.98. The molecule has 4 fully saturated rings. The summed E-state index contributed by atoms with van der Waals surface area (Å²) in [5.41, 5.74) is -1.37. The van der Waals surface area contributed by atoms with Gasteiger partial charge in [-0.25, -0.2) is 4.79 Å². The summed E-state index contributed by atoms with van der Waals surface area (Å²) < 4.78 is 19.2. The highest BCUT2D eigenvalue weighted by atomic mass is 16.6. The van der Waals surface area contributed by atoms with Crippen LogP contribution in [0, 0.1) is 23.7 Å². The van der Waals surface area contributed by atoms with Gasteiger partial charge in [0.15, 0.2) is 6.23 Å². The van der Waals surface area contributed by atoms with Gasteiger partial charge in [0.1, 0.15) is 30.8 Å². The van der Waals surface area contributed by atoms with Crippen molar-refractivity contribution in [1.82, 2.24) is 14.8 Å². The minimum atomic E-state index is -0.979. The number of H-pyrrole nitrogens is 1. The van der Waals surface area contributed by atoms with Gasteiger partial charge in [-0.05, 0) is 38.5 Å². The summed E-state index contributed by atoms with van der Waals surface area (Å²) in [6.07, 6.45) is 7.05. The predicted octanol–water partition coefficient (Wildman–Crippen LogP) is 2.25. The largest absolute Gasteiger partial charge is 0.495 e. The quantitative estimate of drug-likeness (QED) is 0.393. The molecule has 1 aliphatic heterocycles. The summed E-state index contributed by atoms with van der Waals surface area (Å²) in [7, 11) is 0. The molecule has 3 saturated carbocycles. The Morgan fingerprint density at radius 3 is 2.29 bits per heavy atom. The third-order valence-corrected chi connectivity index (χ3v) is 8.13. The van der Waals surface area contributed by atoms with Crippen molar-refractivity contribution in [3.05, 3.63) is 39.4 Å². The first-order valence-corrected chi connectivity index (χ1v) is 12.8. The lowest BCUT2D eigenvalue weighted by molar-refractivity contribution is -0.163. The fourth-order valence-electron chi connectivity index (χ4n) is 5.13. The van der Waals surface area contributed by atoms with E-state index in [0.717, 1.165) is 68.7 Å². The topological polar surface area (TPSA) is 130 Å². The molecule has 10 nitrogen and oxygen atoms in total. The number of nitrogens with one attached hydrogen (secondary N) is 1. The Labute approximate surface area is 203 Å². The van der Waals surface area contributed by atoms with Crippen molar-refractivity contribution >= 4 is 11.8 Å². The second-order valence-electron chi connectivity index (χ2n) is 10.3. The number of ketones is 1. The maximum atomic E-state index is 13.0. The van der Waals surface area contributed by atoms with Gasteiger partial charge in [0, 0.05) is 18.3 Å². The van der Waals surface area contributed by atoms with Gasteiger partial charge in [-0.2, -0.15) is 9.78 Å². The number of nitrogens with zero attached hydrogens (tertiary/aromatic N) is 2. The molecule has 0 aromatic carbocycles. The summed E-state index contributed by atoms with van der Waals surface area (Å²) in [6, 6.07) is 0. The summed E-state index contributed by atoms with van der Waals surface area (Å²) in [5.74, 6) is -0.0658. The first kappa shape index (κ1) is 24.0. The van der Waals surface area contributed by atoms with E-state index in [9.17, 15) is 19.2 Å². The third kappa shape index (κ3) is 4.98. The van der Waals surface area contributed by atoms with Crippen LogP contribution in [0.3, 0.4) is 0 Å².